The van der Waals surface area contributed by atoms with Crippen molar-refractivity contribution >= 4 is 44.5 Å². The lowest BCUT2D eigenvalue weighted by molar-refractivity contribution is -0.502. The molecule has 2 saturated heterocycles. The van der Waals surface area contributed by atoms with E-state index >= 15 is 0 Å². The van der Waals surface area contributed by atoms with Crippen molar-refractivity contribution in [3.8, 4) is 0 Å². The molecule has 0 amide bonds. The Balaban J connectivity index is 1.42. The first-order valence-corrected chi connectivity index (χ1v) is 10.9. The molecule has 1 aromatic heterocycles. The number of ketones is 1. The number of thiophene rings is 1. The van der Waals surface area contributed by atoms with Gasteiger partial charge in [-0.3, -0.25) is 4.79 Å². The number of nitrogens with zero attached hydrogens (tertiary/aromatic N) is 2. The zero-order valence-electron chi connectivity index (χ0n) is 14.5. The number of aliphatic hydroxyl groups is 1. The lowest BCUT2D eigenvalue weighted by Gasteiger charge is -2.21. The minimum absolute atomic E-state index is 0.0212. The van der Waals surface area contributed by atoms with Gasteiger partial charge in [-0.2, -0.15) is 0 Å². The number of rotatable bonds is 2. The van der Waals surface area contributed by atoms with E-state index in [2.05, 4.69) is 21.6 Å². The molecule has 4 aliphatic rings. The maximum Gasteiger partial charge on any atom is 0.239 e. The number of thioether (sulfide) groups is 1. The highest BCUT2D eigenvalue weighted by atomic mass is 32.2. The smallest absolute Gasteiger partial charge is 0.239 e. The first-order valence-electron chi connectivity index (χ1n) is 9.28. The molecule has 1 aromatic rings. The van der Waals surface area contributed by atoms with E-state index in [-0.39, 0.29) is 11.5 Å². The first-order chi connectivity index (χ1) is 12.7. The van der Waals surface area contributed by atoms with Gasteiger partial charge in [0.05, 0.1) is 16.1 Å². The molecular weight excluding hydrogens is 364 g/mol. The quantitative estimate of drug-likeness (QED) is 0.618. The van der Waals surface area contributed by atoms with Crippen molar-refractivity contribution in [2.24, 2.45) is 0 Å². The summed E-state index contributed by atoms with van der Waals surface area (Å²) in [6.45, 7) is 4.35. The SMILES string of the molecule is O=C1C(c2ccc(N3CCCC3)s2)=C(O)/C1=C1/C=CC(=[N+]2CCCC2)S1. The number of hydrogen-bond acceptors (Lipinski definition) is 5. The van der Waals surface area contributed by atoms with Crippen LogP contribution in [-0.2, 0) is 4.79 Å². The van der Waals surface area contributed by atoms with Gasteiger partial charge in [0.15, 0.2) is 0 Å². The van der Waals surface area contributed by atoms with Gasteiger partial charge in [-0.1, -0.05) is 0 Å². The largest absolute Gasteiger partial charge is 0.506 e. The first kappa shape index (κ1) is 16.4. The summed E-state index contributed by atoms with van der Waals surface area (Å²) in [5.74, 6) is 0.145. The van der Waals surface area contributed by atoms with Gasteiger partial charge < -0.3 is 10.0 Å². The summed E-state index contributed by atoms with van der Waals surface area (Å²) in [6.07, 6.45) is 8.98. The van der Waals surface area contributed by atoms with E-state index in [1.807, 2.05) is 12.1 Å². The highest BCUT2D eigenvalue weighted by Gasteiger charge is 2.39. The fraction of sp³-hybridized carbons (Fsp3) is 0.400. The Bertz CT molecular complexity index is 906. The average molecular weight is 386 g/mol. The third-order valence-electron chi connectivity index (χ3n) is 5.44. The van der Waals surface area contributed by atoms with Crippen molar-refractivity contribution in [3.05, 3.63) is 45.4 Å². The Morgan fingerprint density at radius 2 is 1.77 bits per heavy atom. The predicted octanol–water partition coefficient (Wildman–Crippen LogP) is 3.96. The highest BCUT2D eigenvalue weighted by Crippen LogP contribution is 2.45. The van der Waals surface area contributed by atoms with Crippen LogP contribution in [-0.4, -0.2) is 46.7 Å². The van der Waals surface area contributed by atoms with E-state index in [0.29, 0.717) is 11.1 Å². The number of allylic oxidation sites excluding steroid dienone is 3. The number of Topliss-reactive ketones (excluding diaryl/α,β-unsaturated/α-hetero) is 1. The van der Waals surface area contributed by atoms with Crippen molar-refractivity contribution in [2.75, 3.05) is 31.1 Å². The Morgan fingerprint density at radius 3 is 2.50 bits per heavy atom. The van der Waals surface area contributed by atoms with Crippen LogP contribution in [0.4, 0.5) is 5.00 Å². The predicted molar refractivity (Wildman–Crippen MR) is 108 cm³/mol. The van der Waals surface area contributed by atoms with Gasteiger partial charge in [-0.25, -0.2) is 4.58 Å². The van der Waals surface area contributed by atoms with Crippen LogP contribution in [0.1, 0.15) is 30.6 Å². The van der Waals surface area contributed by atoms with Gasteiger partial charge in [0.2, 0.25) is 10.8 Å². The summed E-state index contributed by atoms with van der Waals surface area (Å²) in [7, 11) is 0. The molecule has 0 spiro atoms. The molecule has 0 bridgehead atoms. The van der Waals surface area contributed by atoms with Gasteiger partial charge in [-0.15, -0.1) is 11.3 Å². The molecule has 4 nitrogen and oxygen atoms in total. The number of hydrogen-bond donors (Lipinski definition) is 1. The zero-order valence-corrected chi connectivity index (χ0v) is 16.2. The number of carbonyl (C=O) groups excluding carboxylic acids is 1. The maximum absolute atomic E-state index is 12.8. The summed E-state index contributed by atoms with van der Waals surface area (Å²) < 4.78 is 2.36. The van der Waals surface area contributed by atoms with Crippen LogP contribution in [0.25, 0.3) is 5.57 Å². The maximum atomic E-state index is 12.8. The topological polar surface area (TPSA) is 43.6 Å². The van der Waals surface area contributed by atoms with Crippen molar-refractivity contribution in [1.82, 2.24) is 0 Å². The van der Waals surface area contributed by atoms with E-state index < -0.39 is 0 Å². The molecule has 0 atom stereocenters. The van der Waals surface area contributed by atoms with Crippen molar-refractivity contribution in [1.29, 1.82) is 0 Å². The number of anilines is 1. The van der Waals surface area contributed by atoms with Crippen LogP contribution in [0.2, 0.25) is 0 Å². The summed E-state index contributed by atoms with van der Waals surface area (Å²) in [5, 5.41) is 13.0. The third-order valence-corrected chi connectivity index (χ3v) is 7.77. The Labute approximate surface area is 161 Å². The van der Waals surface area contributed by atoms with E-state index in [1.165, 1.54) is 35.7 Å². The van der Waals surface area contributed by atoms with Crippen molar-refractivity contribution < 1.29 is 14.5 Å². The molecule has 5 rings (SSSR count). The molecule has 4 heterocycles. The second kappa shape index (κ2) is 6.43. The molecule has 26 heavy (non-hydrogen) atoms. The fourth-order valence-electron chi connectivity index (χ4n) is 4.00. The number of carbonyl (C=O) groups is 1. The molecule has 0 unspecified atom stereocenters. The molecule has 6 heteroatoms. The Morgan fingerprint density at radius 1 is 1.00 bits per heavy atom. The summed E-state index contributed by atoms with van der Waals surface area (Å²) >= 11 is 3.23. The Hall–Kier alpha value is -1.79. The van der Waals surface area contributed by atoms with Crippen LogP contribution in [0.5, 0.6) is 0 Å². The second-order valence-electron chi connectivity index (χ2n) is 7.09. The normalized spacial score (nSPS) is 25.8. The molecule has 3 aliphatic heterocycles. The number of aliphatic hydroxyl groups excluding tert-OH is 1. The van der Waals surface area contributed by atoms with Crippen LogP contribution in [0.15, 0.2) is 40.5 Å². The molecule has 0 saturated carbocycles. The van der Waals surface area contributed by atoms with Gasteiger partial charge in [-0.05, 0) is 42.8 Å². The van der Waals surface area contributed by atoms with Gasteiger partial charge >= 0.3 is 0 Å². The van der Waals surface area contributed by atoms with Crippen LogP contribution >= 0.6 is 23.1 Å². The lowest BCUT2D eigenvalue weighted by Crippen LogP contribution is -2.21. The molecule has 134 valence electrons. The summed E-state index contributed by atoms with van der Waals surface area (Å²) in [5.41, 5.74) is 0.984. The minimum Gasteiger partial charge on any atom is -0.506 e. The molecule has 2 fully saturated rings. The monoisotopic (exact) mass is 385 g/mol. The molecular formula is C20H21N2O2S2+. The standard InChI is InChI=1S/C20H20N2O2S2/c23-19-17(13-5-7-15(25-13)21-9-1-2-10-21)20(24)18(19)14-6-8-16(26-14)22-11-3-4-12-22/h5-8H,1-4,9-12H2/p+1. The molecule has 1 aliphatic carbocycles. The van der Waals surface area contributed by atoms with Crippen LogP contribution in [0.3, 0.4) is 0 Å². The van der Waals surface area contributed by atoms with E-state index in [1.54, 1.807) is 23.1 Å². The van der Waals surface area contributed by atoms with Crippen LogP contribution in [0, 0.1) is 0 Å². The van der Waals surface area contributed by atoms with Gasteiger partial charge in [0, 0.05) is 41.8 Å². The Kier molecular flexibility index (Phi) is 4.05. The third kappa shape index (κ3) is 2.58. The molecule has 0 aromatic carbocycles. The fourth-order valence-corrected chi connectivity index (χ4v) is 6.20. The summed E-state index contributed by atoms with van der Waals surface area (Å²) in [4.78, 5) is 16.9. The van der Waals surface area contributed by atoms with Crippen LogP contribution < -0.4 is 4.90 Å². The second-order valence-corrected chi connectivity index (χ2v) is 9.22. The average Bonchev–Trinajstić information content (AvgIpc) is 3.40. The highest BCUT2D eigenvalue weighted by molar-refractivity contribution is 8.18. The van der Waals surface area contributed by atoms with Gasteiger partial charge in [0.25, 0.3) is 0 Å². The van der Waals surface area contributed by atoms with Crippen molar-refractivity contribution in [3.63, 3.8) is 0 Å². The van der Waals surface area contributed by atoms with E-state index in [9.17, 15) is 9.90 Å². The molecule has 0 radical (unpaired) electrons. The summed E-state index contributed by atoms with van der Waals surface area (Å²) in [6, 6.07) is 4.05. The van der Waals surface area contributed by atoms with E-state index in [4.69, 9.17) is 0 Å². The lowest BCUT2D eigenvalue weighted by atomic mass is 9.86. The van der Waals surface area contributed by atoms with Gasteiger partial charge in [0.1, 0.15) is 18.8 Å². The van der Waals surface area contributed by atoms with Crippen molar-refractivity contribution in [2.45, 2.75) is 25.7 Å². The zero-order chi connectivity index (χ0) is 17.7. The minimum atomic E-state index is -0.0212. The molecule has 1 N–H and O–H groups in total. The van der Waals surface area contributed by atoms with E-state index in [0.717, 1.165) is 36.0 Å².